The third kappa shape index (κ3) is 3.50. The molecule has 4 rings (SSSR count). The van der Waals surface area contributed by atoms with Gasteiger partial charge < -0.3 is 4.74 Å². The van der Waals surface area contributed by atoms with Crippen LogP contribution in [0.15, 0.2) is 54.6 Å². The minimum atomic E-state index is -4.19. The Kier molecular flexibility index (Phi) is 5.57. The molecule has 4 amide bonds. The van der Waals surface area contributed by atoms with Crippen molar-refractivity contribution in [2.75, 3.05) is 12.9 Å². The maximum Gasteiger partial charge on any atom is 0.328 e. The Morgan fingerprint density at radius 2 is 1.52 bits per heavy atom. The number of benzene rings is 2. The Morgan fingerprint density at radius 1 is 0.939 bits per heavy atom. The van der Waals surface area contributed by atoms with Crippen LogP contribution >= 0.6 is 0 Å². The first-order valence-corrected chi connectivity index (χ1v) is 11.9. The minimum absolute atomic E-state index is 0.292. The molecule has 0 unspecified atom stereocenters. The lowest BCUT2D eigenvalue weighted by Gasteiger charge is -2.50. The molecule has 2 aliphatic heterocycles. The fourth-order valence-corrected chi connectivity index (χ4v) is 7.23. The van der Waals surface area contributed by atoms with Crippen LogP contribution in [0.1, 0.15) is 28.5 Å². The number of aryl methyl sites for hydroxylation is 1. The number of hydrogen-bond donors (Lipinski definition) is 2. The molecule has 0 radical (unpaired) electrons. The number of barbiturate groups is 1. The van der Waals surface area contributed by atoms with E-state index in [0.717, 1.165) is 12.7 Å². The average Bonchev–Trinajstić information content (AvgIpc) is 2.77. The number of amides is 4. The lowest BCUT2D eigenvalue weighted by atomic mass is 9.59. The Labute approximate surface area is 190 Å². The van der Waals surface area contributed by atoms with Crippen molar-refractivity contribution >= 4 is 33.7 Å². The maximum absolute atomic E-state index is 13.6. The van der Waals surface area contributed by atoms with Gasteiger partial charge in [-0.2, -0.15) is 0 Å². The number of esters is 1. The van der Waals surface area contributed by atoms with Crippen LogP contribution in [0, 0.1) is 12.3 Å². The molecule has 2 saturated heterocycles. The molecule has 0 saturated carbocycles. The van der Waals surface area contributed by atoms with Crippen molar-refractivity contribution in [2.24, 2.45) is 5.41 Å². The van der Waals surface area contributed by atoms with Gasteiger partial charge in [0, 0.05) is 11.8 Å². The molecule has 10 heteroatoms. The van der Waals surface area contributed by atoms with Gasteiger partial charge in [-0.1, -0.05) is 60.2 Å². The molecule has 9 nitrogen and oxygen atoms in total. The van der Waals surface area contributed by atoms with E-state index in [2.05, 4.69) is 10.6 Å². The lowest BCUT2D eigenvalue weighted by Crippen LogP contribution is -2.71. The summed E-state index contributed by atoms with van der Waals surface area (Å²) in [5.74, 6) is -6.26. The van der Waals surface area contributed by atoms with Crippen molar-refractivity contribution in [3.63, 3.8) is 0 Å². The van der Waals surface area contributed by atoms with Gasteiger partial charge in [-0.3, -0.25) is 25.0 Å². The topological polar surface area (TPSA) is 136 Å². The number of nitrogens with one attached hydrogen (secondary N) is 2. The molecule has 2 aliphatic rings. The van der Waals surface area contributed by atoms with Gasteiger partial charge in [-0.25, -0.2) is 13.2 Å². The Bertz CT molecular complexity index is 1220. The molecule has 3 atom stereocenters. The second-order valence-electron chi connectivity index (χ2n) is 8.23. The summed E-state index contributed by atoms with van der Waals surface area (Å²) in [6, 6.07) is 13.8. The van der Waals surface area contributed by atoms with E-state index in [1.807, 2.05) is 6.92 Å². The van der Waals surface area contributed by atoms with E-state index in [1.54, 1.807) is 54.6 Å². The fourth-order valence-electron chi connectivity index (χ4n) is 4.93. The molecule has 2 heterocycles. The summed E-state index contributed by atoms with van der Waals surface area (Å²) in [5.41, 5.74) is -0.538. The predicted molar refractivity (Wildman–Crippen MR) is 117 cm³/mol. The zero-order chi connectivity index (χ0) is 24.0. The van der Waals surface area contributed by atoms with Crippen molar-refractivity contribution in [2.45, 2.75) is 24.0 Å². The highest BCUT2D eigenvalue weighted by Crippen LogP contribution is 2.56. The van der Waals surface area contributed by atoms with Crippen molar-refractivity contribution in [3.05, 3.63) is 71.3 Å². The Morgan fingerprint density at radius 3 is 2.06 bits per heavy atom. The van der Waals surface area contributed by atoms with Gasteiger partial charge in [-0.15, -0.1) is 0 Å². The molecule has 2 N–H and O–H groups in total. The molecule has 33 heavy (non-hydrogen) atoms. The summed E-state index contributed by atoms with van der Waals surface area (Å²) < 4.78 is 31.8. The molecule has 0 aromatic heterocycles. The monoisotopic (exact) mass is 470 g/mol. The molecule has 1 spiro atoms. The van der Waals surface area contributed by atoms with Gasteiger partial charge in [0.05, 0.1) is 12.9 Å². The van der Waals surface area contributed by atoms with Crippen LogP contribution in [0.3, 0.4) is 0 Å². The first kappa shape index (κ1) is 22.7. The molecule has 172 valence electrons. The van der Waals surface area contributed by atoms with Crippen LogP contribution in [0.2, 0.25) is 0 Å². The zero-order valence-electron chi connectivity index (χ0n) is 17.9. The van der Waals surface area contributed by atoms with Crippen LogP contribution in [0.4, 0.5) is 4.79 Å². The summed E-state index contributed by atoms with van der Waals surface area (Å²) in [6.07, 6.45) is 0. The van der Waals surface area contributed by atoms with Gasteiger partial charge >= 0.3 is 12.0 Å². The third-order valence-corrected chi connectivity index (χ3v) is 8.44. The first-order valence-electron chi connectivity index (χ1n) is 10.2. The van der Waals surface area contributed by atoms with Gasteiger partial charge in [0.1, 0.15) is 5.41 Å². The van der Waals surface area contributed by atoms with Gasteiger partial charge in [0.15, 0.2) is 15.1 Å². The normalized spacial score (nSPS) is 25.8. The molecular formula is C23H22N2O7S. The van der Waals surface area contributed by atoms with E-state index in [-0.39, 0.29) is 0 Å². The Hall–Kier alpha value is -3.53. The van der Waals surface area contributed by atoms with E-state index in [1.165, 1.54) is 0 Å². The quantitative estimate of drug-likeness (QED) is 0.508. The molecule has 2 aromatic carbocycles. The molecular weight excluding hydrogens is 448 g/mol. The standard InChI is InChI=1S/C23H22N2O7S/c1-13-8-10-15(11-9-13)17-18(19(26)32-2)33(30,31)12-16(14-6-4-3-5-7-14)23(17)20(27)24-22(29)25-21(23)28/h3-11,16-18H,12H2,1-2H3,(H2,24,25,27,28,29)/t16-,17-,18+/m0/s1. The number of sulfone groups is 1. The van der Waals surface area contributed by atoms with Crippen LogP contribution in [0.5, 0.6) is 0 Å². The molecule has 0 bridgehead atoms. The molecule has 2 fully saturated rings. The summed E-state index contributed by atoms with van der Waals surface area (Å²) >= 11 is 0. The predicted octanol–water partition coefficient (Wildman–Crippen LogP) is 1.18. The number of rotatable bonds is 3. The second-order valence-corrected chi connectivity index (χ2v) is 10.4. The number of carbonyl (C=O) groups excluding carboxylic acids is 4. The average molecular weight is 471 g/mol. The largest absolute Gasteiger partial charge is 0.468 e. The SMILES string of the molecule is COC(=O)[C@H]1[C@H](c2ccc(C)cc2)C2(C(=O)NC(=O)NC2=O)[C@H](c2ccccc2)CS1(=O)=O. The Balaban J connectivity index is 2.09. The van der Waals surface area contributed by atoms with Crippen LogP contribution < -0.4 is 10.6 Å². The van der Waals surface area contributed by atoms with E-state index in [4.69, 9.17) is 4.74 Å². The summed E-state index contributed by atoms with van der Waals surface area (Å²) in [6.45, 7) is 1.82. The van der Waals surface area contributed by atoms with Crippen molar-refractivity contribution in [3.8, 4) is 0 Å². The van der Waals surface area contributed by atoms with E-state index >= 15 is 0 Å². The van der Waals surface area contributed by atoms with Crippen molar-refractivity contribution in [1.29, 1.82) is 0 Å². The number of ether oxygens (including phenoxy) is 1. The number of carbonyl (C=O) groups is 4. The van der Waals surface area contributed by atoms with Crippen molar-refractivity contribution in [1.82, 2.24) is 10.6 Å². The number of urea groups is 1. The van der Waals surface area contributed by atoms with E-state index in [9.17, 15) is 27.6 Å². The number of imide groups is 2. The summed E-state index contributed by atoms with van der Waals surface area (Å²) in [7, 11) is -3.15. The number of methoxy groups -OCH3 is 1. The van der Waals surface area contributed by atoms with Crippen LogP contribution in [-0.4, -0.2) is 50.3 Å². The first-order chi connectivity index (χ1) is 15.6. The third-order valence-electron chi connectivity index (χ3n) is 6.41. The highest BCUT2D eigenvalue weighted by atomic mass is 32.2. The summed E-state index contributed by atoms with van der Waals surface area (Å²) in [4.78, 5) is 51.9. The smallest absolute Gasteiger partial charge is 0.328 e. The van der Waals surface area contributed by atoms with Crippen molar-refractivity contribution < 1.29 is 32.3 Å². The zero-order valence-corrected chi connectivity index (χ0v) is 18.7. The van der Waals surface area contributed by atoms with Crippen LogP contribution in [-0.2, 0) is 29.0 Å². The van der Waals surface area contributed by atoms with E-state index < -0.39 is 61.9 Å². The second kappa shape index (κ2) is 8.11. The summed E-state index contributed by atoms with van der Waals surface area (Å²) in [5, 5.41) is 2.43. The highest BCUT2D eigenvalue weighted by Gasteiger charge is 2.69. The van der Waals surface area contributed by atoms with Gasteiger partial charge in [0.2, 0.25) is 11.8 Å². The minimum Gasteiger partial charge on any atom is -0.468 e. The molecule has 0 aliphatic carbocycles. The fraction of sp³-hybridized carbons (Fsp3) is 0.304. The van der Waals surface area contributed by atoms with Crippen LogP contribution in [0.25, 0.3) is 0 Å². The van der Waals surface area contributed by atoms with Gasteiger partial charge in [-0.05, 0) is 18.1 Å². The van der Waals surface area contributed by atoms with Gasteiger partial charge in [0.25, 0.3) is 0 Å². The van der Waals surface area contributed by atoms with E-state index in [0.29, 0.717) is 11.1 Å². The molecule has 2 aromatic rings. The number of hydrogen-bond acceptors (Lipinski definition) is 7. The lowest BCUT2D eigenvalue weighted by molar-refractivity contribution is -0.150. The highest BCUT2D eigenvalue weighted by molar-refractivity contribution is 7.92. The maximum atomic E-state index is 13.6.